The zero-order valence-electron chi connectivity index (χ0n) is 31.6. The van der Waals surface area contributed by atoms with Crippen molar-refractivity contribution >= 4 is 11.9 Å². The fourth-order valence-electron chi connectivity index (χ4n) is 4.91. The molecule has 0 spiro atoms. The lowest BCUT2D eigenvalue weighted by molar-refractivity contribution is -0.149. The molecular weight excluding hydrogens is 617 g/mol. The van der Waals surface area contributed by atoms with Crippen LogP contribution in [0, 0.1) is 0 Å². The van der Waals surface area contributed by atoms with Crippen LogP contribution in [0.2, 0.25) is 0 Å². The number of hydrogen-bond acceptors (Lipinski definition) is 3. The molecule has 0 aromatic heterocycles. The van der Waals surface area contributed by atoms with E-state index in [1.54, 1.807) is 0 Å². The van der Waals surface area contributed by atoms with E-state index in [1.165, 1.54) is 0 Å². The summed E-state index contributed by atoms with van der Waals surface area (Å²) in [6.45, 7) is 4.30. The van der Waals surface area contributed by atoms with Gasteiger partial charge in [-0.1, -0.05) is 155 Å². The van der Waals surface area contributed by atoms with Gasteiger partial charge in [0.15, 0.2) is 0 Å². The first-order chi connectivity index (χ1) is 24.6. The van der Waals surface area contributed by atoms with Crippen LogP contribution in [0.15, 0.2) is 122 Å². The zero-order valence-corrected chi connectivity index (χ0v) is 31.6. The highest BCUT2D eigenvalue weighted by Gasteiger charge is 2.13. The molecular formula is C46H70O4. The highest BCUT2D eigenvalue weighted by Crippen LogP contribution is 2.16. The van der Waals surface area contributed by atoms with Crippen LogP contribution >= 0.6 is 0 Å². The Morgan fingerprint density at radius 3 is 1.22 bits per heavy atom. The first-order valence-electron chi connectivity index (χ1n) is 19.5. The first kappa shape index (κ1) is 46.3. The summed E-state index contributed by atoms with van der Waals surface area (Å²) >= 11 is 0. The summed E-state index contributed by atoms with van der Waals surface area (Å²) in [5, 5.41) is 8.82. The molecule has 0 aromatic rings. The molecule has 0 aliphatic heterocycles. The third-order valence-corrected chi connectivity index (χ3v) is 7.70. The fourth-order valence-corrected chi connectivity index (χ4v) is 4.91. The maximum absolute atomic E-state index is 12.6. The van der Waals surface area contributed by atoms with E-state index in [0.29, 0.717) is 12.8 Å². The van der Waals surface area contributed by atoms with Gasteiger partial charge in [0.2, 0.25) is 0 Å². The lowest BCUT2D eigenvalue weighted by atomic mass is 10.0. The van der Waals surface area contributed by atoms with Crippen molar-refractivity contribution in [1.29, 1.82) is 0 Å². The first-order valence-corrected chi connectivity index (χ1v) is 19.5. The maximum Gasteiger partial charge on any atom is 0.306 e. The summed E-state index contributed by atoms with van der Waals surface area (Å²) < 4.78 is 5.91. The number of allylic oxidation sites excluding steroid dienone is 20. The largest absolute Gasteiger partial charge is 0.481 e. The van der Waals surface area contributed by atoms with Crippen LogP contribution in [0.5, 0.6) is 0 Å². The molecule has 0 aliphatic carbocycles. The monoisotopic (exact) mass is 687 g/mol. The maximum atomic E-state index is 12.6. The van der Waals surface area contributed by atoms with E-state index >= 15 is 0 Å². The Kier molecular flexibility index (Phi) is 36.9. The molecule has 0 bridgehead atoms. The van der Waals surface area contributed by atoms with Crippen LogP contribution in [0.3, 0.4) is 0 Å². The average molecular weight is 687 g/mol. The molecule has 278 valence electrons. The summed E-state index contributed by atoms with van der Waals surface area (Å²) in [6.07, 6.45) is 62.1. The molecule has 1 N–H and O–H groups in total. The van der Waals surface area contributed by atoms with E-state index in [1.807, 2.05) is 0 Å². The normalized spacial score (nSPS) is 13.6. The van der Waals surface area contributed by atoms with Gasteiger partial charge in [0.05, 0.1) is 0 Å². The van der Waals surface area contributed by atoms with Gasteiger partial charge in [0.25, 0.3) is 0 Å². The van der Waals surface area contributed by atoms with Gasteiger partial charge in [-0.15, -0.1) is 0 Å². The molecule has 0 fully saturated rings. The summed E-state index contributed by atoms with van der Waals surface area (Å²) in [4.78, 5) is 23.3. The molecule has 0 saturated heterocycles. The van der Waals surface area contributed by atoms with Gasteiger partial charge in [-0.3, -0.25) is 9.59 Å². The number of rotatable bonds is 33. The lowest BCUT2D eigenvalue weighted by Crippen LogP contribution is -2.18. The number of carboxylic acid groups (broad SMARTS) is 1. The van der Waals surface area contributed by atoms with Crippen molar-refractivity contribution in [2.75, 3.05) is 0 Å². The molecule has 0 amide bonds. The Morgan fingerprint density at radius 2 is 0.800 bits per heavy atom. The predicted molar refractivity (Wildman–Crippen MR) is 217 cm³/mol. The van der Waals surface area contributed by atoms with Crippen molar-refractivity contribution in [3.63, 3.8) is 0 Å². The van der Waals surface area contributed by atoms with Crippen LogP contribution in [0.1, 0.15) is 149 Å². The van der Waals surface area contributed by atoms with Gasteiger partial charge in [-0.25, -0.2) is 0 Å². The minimum atomic E-state index is -0.725. The van der Waals surface area contributed by atoms with E-state index < -0.39 is 5.97 Å². The Morgan fingerprint density at radius 1 is 0.440 bits per heavy atom. The number of hydrogen-bond donors (Lipinski definition) is 1. The standard InChI is InChI=1S/C46H70O4/c1-3-5-7-9-11-13-15-17-18-19-20-21-22-24-26-28-30-35-39-43-46(49)50-44(41-37-33-31-34-38-42-45(47)48)40-36-32-29-27-25-23-16-14-12-10-8-6-4-2/h5-8,11-14,17-18,20-21,23-26,29-30,32,35,44H,3-4,9-10,15-16,19,22,27-28,31,33-34,36-43H2,1-2H3,(H,47,48)/b7-5-,8-6-,13-11-,14-12-,18-17-,21-20-,25-23-,26-24-,32-29-,35-30-. The summed E-state index contributed by atoms with van der Waals surface area (Å²) in [7, 11) is 0. The Labute approximate surface area is 306 Å². The van der Waals surface area contributed by atoms with E-state index in [-0.39, 0.29) is 18.5 Å². The average Bonchev–Trinajstić information content (AvgIpc) is 3.10. The van der Waals surface area contributed by atoms with E-state index in [2.05, 4.69) is 135 Å². The van der Waals surface area contributed by atoms with Gasteiger partial charge in [0, 0.05) is 12.8 Å². The highest BCUT2D eigenvalue weighted by atomic mass is 16.5. The number of aliphatic carboxylic acids is 1. The van der Waals surface area contributed by atoms with Crippen molar-refractivity contribution in [2.45, 2.75) is 155 Å². The third kappa shape index (κ3) is 38.8. The highest BCUT2D eigenvalue weighted by molar-refractivity contribution is 5.69. The lowest BCUT2D eigenvalue weighted by Gasteiger charge is -2.17. The van der Waals surface area contributed by atoms with Crippen LogP contribution in [0.4, 0.5) is 0 Å². The van der Waals surface area contributed by atoms with Crippen molar-refractivity contribution in [3.05, 3.63) is 122 Å². The summed E-state index contributed by atoms with van der Waals surface area (Å²) in [5.74, 6) is -0.849. The Bertz CT molecular complexity index is 1090. The van der Waals surface area contributed by atoms with E-state index in [9.17, 15) is 9.59 Å². The molecule has 0 aliphatic rings. The molecule has 0 rings (SSSR count). The van der Waals surface area contributed by atoms with Crippen molar-refractivity contribution in [2.24, 2.45) is 0 Å². The SMILES string of the molecule is CC/C=C\C/C=C\C/C=C\C/C=C\C/C=C\C/C=C\CCC(=O)OC(CC/C=C\C/C=C\C/C=C\C/C=C\CC)CCCCCCCC(=O)O. The molecule has 0 heterocycles. The second-order valence-corrected chi connectivity index (χ2v) is 12.3. The predicted octanol–water partition coefficient (Wildman–Crippen LogP) is 13.8. The molecule has 0 radical (unpaired) electrons. The minimum Gasteiger partial charge on any atom is -0.481 e. The molecule has 4 heteroatoms. The van der Waals surface area contributed by atoms with Crippen LogP contribution in [0.25, 0.3) is 0 Å². The van der Waals surface area contributed by atoms with Gasteiger partial charge >= 0.3 is 11.9 Å². The molecule has 0 saturated carbocycles. The number of carbonyl (C=O) groups is 2. The van der Waals surface area contributed by atoms with Gasteiger partial charge in [-0.05, 0) is 103 Å². The second-order valence-electron chi connectivity index (χ2n) is 12.3. The van der Waals surface area contributed by atoms with Crippen LogP contribution < -0.4 is 0 Å². The second kappa shape index (κ2) is 39.8. The summed E-state index contributed by atoms with van der Waals surface area (Å²) in [6, 6.07) is 0. The van der Waals surface area contributed by atoms with Crippen molar-refractivity contribution in [1.82, 2.24) is 0 Å². The van der Waals surface area contributed by atoms with Crippen LogP contribution in [-0.2, 0) is 14.3 Å². The zero-order chi connectivity index (χ0) is 36.4. The summed E-state index contributed by atoms with van der Waals surface area (Å²) in [5.41, 5.74) is 0. The number of esters is 1. The Hall–Kier alpha value is -3.66. The molecule has 4 nitrogen and oxygen atoms in total. The van der Waals surface area contributed by atoms with Gasteiger partial charge < -0.3 is 9.84 Å². The van der Waals surface area contributed by atoms with Crippen molar-refractivity contribution in [3.8, 4) is 0 Å². The molecule has 1 unspecified atom stereocenters. The topological polar surface area (TPSA) is 63.6 Å². The number of carboxylic acids is 1. The van der Waals surface area contributed by atoms with Crippen LogP contribution in [-0.4, -0.2) is 23.1 Å². The smallest absolute Gasteiger partial charge is 0.306 e. The molecule has 0 aromatic carbocycles. The number of carbonyl (C=O) groups excluding carboxylic acids is 1. The van der Waals surface area contributed by atoms with Gasteiger partial charge in [0.1, 0.15) is 6.10 Å². The number of unbranched alkanes of at least 4 members (excludes halogenated alkanes) is 4. The molecule has 50 heavy (non-hydrogen) atoms. The number of ether oxygens (including phenoxy) is 1. The third-order valence-electron chi connectivity index (χ3n) is 7.70. The van der Waals surface area contributed by atoms with E-state index in [4.69, 9.17) is 9.84 Å². The fraction of sp³-hybridized carbons (Fsp3) is 0.522. The quantitative estimate of drug-likeness (QED) is 0.0424. The Balaban J connectivity index is 4.34. The molecule has 1 atom stereocenters. The van der Waals surface area contributed by atoms with Gasteiger partial charge in [-0.2, -0.15) is 0 Å². The van der Waals surface area contributed by atoms with Crippen molar-refractivity contribution < 1.29 is 19.4 Å². The minimum absolute atomic E-state index is 0.0705. The van der Waals surface area contributed by atoms with E-state index in [0.717, 1.165) is 116 Å².